The van der Waals surface area contributed by atoms with Crippen molar-refractivity contribution in [3.05, 3.63) is 65.5 Å². The second-order valence-electron chi connectivity index (χ2n) is 6.36. The summed E-state index contributed by atoms with van der Waals surface area (Å²) in [5.41, 5.74) is 1.48. The largest absolute Gasteiger partial charge is 0.350 e. The molecule has 2 aromatic carbocycles. The maximum atomic E-state index is 12.8. The Morgan fingerprint density at radius 2 is 1.30 bits per heavy atom. The lowest BCUT2D eigenvalue weighted by atomic mass is 10.2. The number of benzene rings is 2. The van der Waals surface area contributed by atoms with Crippen molar-refractivity contribution in [3.63, 3.8) is 0 Å². The number of hydrogen-bond acceptors (Lipinski definition) is 3. The quantitative estimate of drug-likeness (QED) is 0.655. The lowest BCUT2D eigenvalue weighted by molar-refractivity contribution is -0.117. The van der Waals surface area contributed by atoms with Gasteiger partial charge in [-0.1, -0.05) is 0 Å². The van der Waals surface area contributed by atoms with Crippen LogP contribution in [0.3, 0.4) is 0 Å². The molecule has 6 nitrogen and oxygen atoms in total. The molecule has 0 bridgehead atoms. The van der Waals surface area contributed by atoms with Gasteiger partial charge in [-0.15, -0.1) is 0 Å². The van der Waals surface area contributed by atoms with E-state index in [0.29, 0.717) is 16.8 Å². The molecule has 27 heavy (non-hydrogen) atoms. The van der Waals surface area contributed by atoms with E-state index in [9.17, 15) is 18.8 Å². The third kappa shape index (κ3) is 5.37. The molecule has 0 radical (unpaired) electrons. The molecule has 1 aliphatic rings. The van der Waals surface area contributed by atoms with E-state index >= 15 is 0 Å². The van der Waals surface area contributed by atoms with Gasteiger partial charge in [0.05, 0.1) is 0 Å². The molecular formula is C20H20FN3O3. The first kappa shape index (κ1) is 18.6. The van der Waals surface area contributed by atoms with Crippen LogP contribution in [0.1, 0.15) is 33.6 Å². The van der Waals surface area contributed by atoms with Gasteiger partial charge in [0.25, 0.3) is 11.8 Å². The lowest BCUT2D eigenvalue weighted by Crippen LogP contribution is -2.34. The van der Waals surface area contributed by atoms with E-state index in [-0.39, 0.29) is 36.7 Å². The van der Waals surface area contributed by atoms with Gasteiger partial charge in [0.1, 0.15) is 5.82 Å². The van der Waals surface area contributed by atoms with E-state index < -0.39 is 5.82 Å². The molecule has 0 aromatic heterocycles. The van der Waals surface area contributed by atoms with E-state index in [0.717, 1.165) is 12.8 Å². The fourth-order valence-electron chi connectivity index (χ4n) is 2.45. The summed E-state index contributed by atoms with van der Waals surface area (Å²) in [7, 11) is 0. The topological polar surface area (TPSA) is 87.3 Å². The summed E-state index contributed by atoms with van der Waals surface area (Å²) in [5.74, 6) is -0.870. The van der Waals surface area contributed by atoms with Gasteiger partial charge in [0.2, 0.25) is 5.91 Å². The molecule has 0 atom stereocenters. The van der Waals surface area contributed by atoms with Gasteiger partial charge in [-0.2, -0.15) is 0 Å². The fraction of sp³-hybridized carbons (Fsp3) is 0.250. The summed E-state index contributed by atoms with van der Waals surface area (Å²) in [6.07, 6.45) is 1.87. The molecule has 0 aliphatic heterocycles. The van der Waals surface area contributed by atoms with Crippen molar-refractivity contribution in [2.45, 2.75) is 12.8 Å². The predicted octanol–water partition coefficient (Wildman–Crippen LogP) is 2.33. The molecule has 3 rings (SSSR count). The molecular weight excluding hydrogens is 349 g/mol. The monoisotopic (exact) mass is 369 g/mol. The van der Waals surface area contributed by atoms with Gasteiger partial charge < -0.3 is 16.0 Å². The molecule has 3 amide bonds. The third-order valence-corrected chi connectivity index (χ3v) is 4.17. The summed E-state index contributed by atoms with van der Waals surface area (Å²) in [6.45, 7) is 0.503. The molecule has 1 aliphatic carbocycles. The highest BCUT2D eigenvalue weighted by atomic mass is 19.1. The highest BCUT2D eigenvalue weighted by Crippen LogP contribution is 2.30. The number of halogens is 1. The number of anilines is 1. The van der Waals surface area contributed by atoms with Gasteiger partial charge in [-0.05, 0) is 61.4 Å². The Morgan fingerprint density at radius 3 is 1.78 bits per heavy atom. The van der Waals surface area contributed by atoms with E-state index in [1.807, 2.05) is 0 Å². The van der Waals surface area contributed by atoms with Crippen LogP contribution in [-0.4, -0.2) is 30.8 Å². The second kappa shape index (κ2) is 8.44. The first-order valence-corrected chi connectivity index (χ1v) is 8.76. The van der Waals surface area contributed by atoms with E-state index in [4.69, 9.17) is 0 Å². The Hall–Kier alpha value is -3.22. The van der Waals surface area contributed by atoms with E-state index in [2.05, 4.69) is 16.0 Å². The van der Waals surface area contributed by atoms with Crippen LogP contribution in [0.2, 0.25) is 0 Å². The highest BCUT2D eigenvalue weighted by Gasteiger charge is 2.29. The Kier molecular flexibility index (Phi) is 5.80. The van der Waals surface area contributed by atoms with Crippen molar-refractivity contribution in [3.8, 4) is 0 Å². The zero-order chi connectivity index (χ0) is 19.2. The number of hydrogen-bond donors (Lipinski definition) is 3. The Labute approximate surface area is 156 Å². The number of carbonyl (C=O) groups excluding carboxylic acids is 3. The molecule has 0 unspecified atom stereocenters. The number of nitrogens with one attached hydrogen (secondary N) is 3. The minimum atomic E-state index is -0.406. The van der Waals surface area contributed by atoms with Gasteiger partial charge >= 0.3 is 0 Å². The normalized spacial score (nSPS) is 12.9. The van der Waals surface area contributed by atoms with Crippen molar-refractivity contribution >= 4 is 23.4 Å². The molecule has 140 valence electrons. The summed E-state index contributed by atoms with van der Waals surface area (Å²) in [4.78, 5) is 35.7. The zero-order valence-electron chi connectivity index (χ0n) is 14.6. The first-order valence-electron chi connectivity index (χ1n) is 8.76. The van der Waals surface area contributed by atoms with Crippen molar-refractivity contribution in [1.82, 2.24) is 10.6 Å². The maximum absolute atomic E-state index is 12.8. The van der Waals surface area contributed by atoms with Crippen molar-refractivity contribution in [2.24, 2.45) is 5.92 Å². The zero-order valence-corrected chi connectivity index (χ0v) is 14.6. The molecule has 2 aromatic rings. The molecule has 3 N–H and O–H groups in total. The second-order valence-corrected chi connectivity index (χ2v) is 6.36. The number of carbonyl (C=O) groups is 3. The molecule has 1 fully saturated rings. The van der Waals surface area contributed by atoms with E-state index in [1.165, 1.54) is 24.3 Å². The van der Waals surface area contributed by atoms with Crippen LogP contribution in [0.15, 0.2) is 48.5 Å². The highest BCUT2D eigenvalue weighted by molar-refractivity contribution is 5.97. The minimum Gasteiger partial charge on any atom is -0.350 e. The van der Waals surface area contributed by atoms with Gasteiger partial charge in [0.15, 0.2) is 0 Å². The minimum absolute atomic E-state index is 0.0177. The summed E-state index contributed by atoms with van der Waals surface area (Å²) < 4.78 is 12.8. The Morgan fingerprint density at radius 1 is 0.815 bits per heavy atom. The first-order chi connectivity index (χ1) is 13.0. The Balaban J connectivity index is 1.40. The van der Waals surface area contributed by atoms with Crippen LogP contribution in [0.25, 0.3) is 0 Å². The predicted molar refractivity (Wildman–Crippen MR) is 98.9 cm³/mol. The van der Waals surface area contributed by atoms with E-state index in [1.54, 1.807) is 24.3 Å². The summed E-state index contributed by atoms with van der Waals surface area (Å²) >= 11 is 0. The van der Waals surface area contributed by atoms with Crippen molar-refractivity contribution < 1.29 is 18.8 Å². The maximum Gasteiger partial charge on any atom is 0.251 e. The number of amides is 3. The van der Waals surface area contributed by atoms with Crippen LogP contribution in [0.5, 0.6) is 0 Å². The standard InChI is InChI=1S/C20H20FN3O3/c21-16-7-3-13(4-8-16)18(25)22-11-12-23-19(26)14-5-9-17(10-6-14)24-20(27)15-1-2-15/h3-10,15H,1-2,11-12H2,(H,22,25)(H,23,26)(H,24,27). The Bertz CT molecular complexity index is 831. The van der Waals surface area contributed by atoms with Gasteiger partial charge in [-0.25, -0.2) is 4.39 Å². The van der Waals surface area contributed by atoms with Crippen LogP contribution < -0.4 is 16.0 Å². The third-order valence-electron chi connectivity index (χ3n) is 4.17. The van der Waals surface area contributed by atoms with Gasteiger partial charge in [0, 0.05) is 35.8 Å². The average molecular weight is 369 g/mol. The molecule has 0 heterocycles. The van der Waals surface area contributed by atoms with Crippen LogP contribution in [-0.2, 0) is 4.79 Å². The lowest BCUT2D eigenvalue weighted by Gasteiger charge is -2.08. The van der Waals surface area contributed by atoms with Gasteiger partial charge in [-0.3, -0.25) is 14.4 Å². The molecule has 0 saturated heterocycles. The smallest absolute Gasteiger partial charge is 0.251 e. The van der Waals surface area contributed by atoms with Crippen LogP contribution >= 0.6 is 0 Å². The SMILES string of the molecule is O=C(NCCNC(=O)c1ccc(NC(=O)C2CC2)cc1)c1ccc(F)cc1. The van der Waals surface area contributed by atoms with Crippen LogP contribution in [0, 0.1) is 11.7 Å². The summed E-state index contributed by atoms with van der Waals surface area (Å²) in [6, 6.07) is 11.9. The number of rotatable bonds is 7. The van der Waals surface area contributed by atoms with Crippen molar-refractivity contribution in [1.29, 1.82) is 0 Å². The van der Waals surface area contributed by atoms with Crippen LogP contribution in [0.4, 0.5) is 10.1 Å². The van der Waals surface area contributed by atoms with Crippen molar-refractivity contribution in [2.75, 3.05) is 18.4 Å². The fourth-order valence-corrected chi connectivity index (χ4v) is 2.45. The summed E-state index contributed by atoms with van der Waals surface area (Å²) in [5, 5.41) is 8.16. The average Bonchev–Trinajstić information content (AvgIpc) is 3.51. The molecule has 0 spiro atoms. The molecule has 7 heteroatoms. The molecule has 1 saturated carbocycles.